The van der Waals surface area contributed by atoms with Crippen LogP contribution in [-0.2, 0) is 4.79 Å². The van der Waals surface area contributed by atoms with Crippen LogP contribution >= 0.6 is 0 Å². The molecule has 2 aliphatic rings. The van der Waals surface area contributed by atoms with Crippen LogP contribution in [-0.4, -0.2) is 34.1 Å². The smallest absolute Gasteiger partial charge is 0.303 e. The molecule has 18 heavy (non-hydrogen) atoms. The lowest BCUT2D eigenvalue weighted by Gasteiger charge is -2.39. The number of nitrogens with one attached hydrogen (secondary N) is 1. The summed E-state index contributed by atoms with van der Waals surface area (Å²) in [4.78, 5) is 31.3. The molecule has 0 spiro atoms. The van der Waals surface area contributed by atoms with Crippen molar-refractivity contribution in [2.75, 3.05) is 18.0 Å². The first kappa shape index (κ1) is 11.3. The monoisotopic (exact) mass is 249 g/mol. The highest BCUT2D eigenvalue weighted by atomic mass is 16.4. The van der Waals surface area contributed by atoms with Crippen LogP contribution in [0.5, 0.6) is 0 Å². The fraction of sp³-hybridized carbons (Fsp3) is 0.583. The van der Waals surface area contributed by atoms with Crippen LogP contribution in [0.4, 0.5) is 5.82 Å². The predicted octanol–water partition coefficient (Wildman–Crippen LogP) is 0.558. The number of aromatic nitrogens is 2. The highest BCUT2D eigenvalue weighted by molar-refractivity contribution is 5.67. The van der Waals surface area contributed by atoms with Gasteiger partial charge in [-0.2, -0.15) is 0 Å². The Morgan fingerprint density at radius 1 is 1.50 bits per heavy atom. The van der Waals surface area contributed by atoms with E-state index in [9.17, 15) is 9.59 Å². The van der Waals surface area contributed by atoms with Crippen LogP contribution in [0.15, 0.2) is 10.9 Å². The number of rotatable bonds is 4. The van der Waals surface area contributed by atoms with Gasteiger partial charge in [-0.1, -0.05) is 0 Å². The van der Waals surface area contributed by atoms with Crippen LogP contribution in [0.2, 0.25) is 0 Å². The third-order valence-corrected chi connectivity index (χ3v) is 3.45. The number of aliphatic carboxylic acids is 1. The second-order valence-corrected chi connectivity index (χ2v) is 5.13. The highest BCUT2D eigenvalue weighted by Gasteiger charge is 2.31. The molecule has 1 aliphatic carbocycles. The molecule has 0 atom stereocenters. The van der Waals surface area contributed by atoms with Crippen LogP contribution in [0, 0.1) is 5.92 Å². The van der Waals surface area contributed by atoms with E-state index in [4.69, 9.17) is 5.11 Å². The second kappa shape index (κ2) is 4.12. The van der Waals surface area contributed by atoms with E-state index < -0.39 is 5.97 Å². The topological polar surface area (TPSA) is 86.3 Å². The van der Waals surface area contributed by atoms with Crippen LogP contribution in [0.25, 0.3) is 0 Å². The number of carbonyl (C=O) groups is 1. The summed E-state index contributed by atoms with van der Waals surface area (Å²) in [6.07, 6.45) is 2.37. The molecule has 1 aliphatic heterocycles. The summed E-state index contributed by atoms with van der Waals surface area (Å²) in [5.41, 5.74) is -0.122. The zero-order valence-electron chi connectivity index (χ0n) is 9.93. The Kier molecular flexibility index (Phi) is 2.57. The molecule has 0 unspecified atom stereocenters. The molecular weight excluding hydrogens is 234 g/mol. The van der Waals surface area contributed by atoms with Gasteiger partial charge in [0, 0.05) is 31.0 Å². The fourth-order valence-corrected chi connectivity index (χ4v) is 2.31. The van der Waals surface area contributed by atoms with Gasteiger partial charge in [0.15, 0.2) is 0 Å². The molecule has 3 rings (SSSR count). The molecule has 0 aromatic carbocycles. The molecule has 2 fully saturated rings. The van der Waals surface area contributed by atoms with Crippen molar-refractivity contribution < 1.29 is 9.90 Å². The average Bonchev–Trinajstić information content (AvgIpc) is 3.05. The van der Waals surface area contributed by atoms with Crippen molar-refractivity contribution in [3.8, 4) is 0 Å². The summed E-state index contributed by atoms with van der Waals surface area (Å²) in [7, 11) is 0. The summed E-state index contributed by atoms with van der Waals surface area (Å²) < 4.78 is 0. The number of carboxylic acid groups (broad SMARTS) is 1. The molecule has 1 aromatic rings. The van der Waals surface area contributed by atoms with Gasteiger partial charge in [0.25, 0.3) is 5.56 Å². The van der Waals surface area contributed by atoms with Gasteiger partial charge in [-0.15, -0.1) is 0 Å². The Morgan fingerprint density at radius 3 is 2.83 bits per heavy atom. The summed E-state index contributed by atoms with van der Waals surface area (Å²) >= 11 is 0. The number of hydrogen-bond donors (Lipinski definition) is 2. The molecule has 2 N–H and O–H groups in total. The van der Waals surface area contributed by atoms with Gasteiger partial charge in [-0.05, 0) is 12.8 Å². The van der Waals surface area contributed by atoms with Crippen LogP contribution < -0.4 is 10.5 Å². The van der Waals surface area contributed by atoms with Crippen LogP contribution in [0.1, 0.15) is 31.0 Å². The van der Waals surface area contributed by atoms with Gasteiger partial charge in [0.2, 0.25) is 0 Å². The molecule has 1 saturated heterocycles. The van der Waals surface area contributed by atoms with Gasteiger partial charge in [0.05, 0.1) is 6.42 Å². The molecule has 1 saturated carbocycles. The van der Waals surface area contributed by atoms with Crippen molar-refractivity contribution in [1.82, 2.24) is 9.97 Å². The minimum absolute atomic E-state index is 0.122. The summed E-state index contributed by atoms with van der Waals surface area (Å²) in [5, 5.41) is 8.69. The predicted molar refractivity (Wildman–Crippen MR) is 64.8 cm³/mol. The Balaban J connectivity index is 1.70. The van der Waals surface area contributed by atoms with Gasteiger partial charge in [0.1, 0.15) is 11.6 Å². The zero-order chi connectivity index (χ0) is 12.7. The number of hydrogen-bond acceptors (Lipinski definition) is 4. The number of H-pyrrole nitrogens is 1. The van der Waals surface area contributed by atoms with E-state index in [0.29, 0.717) is 24.8 Å². The Labute approximate surface area is 104 Å². The van der Waals surface area contributed by atoms with Crippen molar-refractivity contribution in [3.05, 3.63) is 22.2 Å². The molecule has 6 nitrogen and oxygen atoms in total. The first-order valence-electron chi connectivity index (χ1n) is 6.20. The maximum Gasteiger partial charge on any atom is 0.303 e. The maximum absolute atomic E-state index is 11.5. The average molecular weight is 249 g/mol. The van der Waals surface area contributed by atoms with E-state index in [0.717, 1.165) is 18.7 Å². The number of carboxylic acids is 1. The normalized spacial score (nSPS) is 19.7. The Hall–Kier alpha value is -1.85. The Bertz CT molecular complexity index is 530. The van der Waals surface area contributed by atoms with E-state index >= 15 is 0 Å². The number of nitrogens with zero attached hydrogens (tertiary/aromatic N) is 2. The third-order valence-electron chi connectivity index (χ3n) is 3.45. The van der Waals surface area contributed by atoms with E-state index in [2.05, 4.69) is 9.97 Å². The molecule has 2 heterocycles. The first-order valence-corrected chi connectivity index (χ1v) is 6.20. The highest BCUT2D eigenvalue weighted by Crippen LogP contribution is 2.38. The first-order chi connectivity index (χ1) is 8.61. The van der Waals surface area contributed by atoms with E-state index in [1.165, 1.54) is 6.07 Å². The number of anilines is 1. The quantitative estimate of drug-likeness (QED) is 0.814. The number of aromatic amines is 1. The van der Waals surface area contributed by atoms with Gasteiger partial charge < -0.3 is 15.0 Å². The van der Waals surface area contributed by atoms with Gasteiger partial charge in [-0.3, -0.25) is 9.59 Å². The van der Waals surface area contributed by atoms with Gasteiger partial charge >= 0.3 is 5.97 Å². The molecule has 6 heteroatoms. The molecular formula is C12H15N3O3. The maximum atomic E-state index is 11.5. The van der Waals surface area contributed by atoms with Gasteiger partial charge in [-0.25, -0.2) is 4.98 Å². The fourth-order valence-electron chi connectivity index (χ4n) is 2.31. The second-order valence-electron chi connectivity index (χ2n) is 5.13. The largest absolute Gasteiger partial charge is 0.481 e. The van der Waals surface area contributed by atoms with Crippen molar-refractivity contribution in [1.29, 1.82) is 0 Å². The lowest BCUT2D eigenvalue weighted by Crippen LogP contribution is -2.48. The minimum Gasteiger partial charge on any atom is -0.481 e. The lowest BCUT2D eigenvalue weighted by atomic mass is 9.96. The molecule has 1 aromatic heterocycles. The summed E-state index contributed by atoms with van der Waals surface area (Å²) in [5.74, 6) is 1.28. The SMILES string of the molecule is O=C(O)CC1CN(c2cc(=O)[nH]c(C3CC3)n2)C1. The minimum atomic E-state index is -0.766. The standard InChI is InChI=1S/C12H15N3O3/c16-10-4-9(13-12(14-10)8-1-2-8)15-5-7(6-15)3-11(17)18/h4,7-8H,1-3,5-6H2,(H,17,18)(H,13,14,16). The van der Waals surface area contributed by atoms with Crippen molar-refractivity contribution in [3.63, 3.8) is 0 Å². The molecule has 0 amide bonds. The molecule has 0 radical (unpaired) electrons. The lowest BCUT2D eigenvalue weighted by molar-refractivity contribution is -0.138. The van der Waals surface area contributed by atoms with E-state index in [1.54, 1.807) is 0 Å². The summed E-state index contributed by atoms with van der Waals surface area (Å²) in [6, 6.07) is 1.49. The Morgan fingerprint density at radius 2 is 2.22 bits per heavy atom. The van der Waals surface area contributed by atoms with Crippen molar-refractivity contribution in [2.24, 2.45) is 5.92 Å². The molecule has 0 bridgehead atoms. The summed E-state index contributed by atoms with van der Waals surface area (Å²) in [6.45, 7) is 1.35. The third kappa shape index (κ3) is 2.23. The van der Waals surface area contributed by atoms with E-state index in [1.807, 2.05) is 4.90 Å². The van der Waals surface area contributed by atoms with E-state index in [-0.39, 0.29) is 17.9 Å². The van der Waals surface area contributed by atoms with Crippen molar-refractivity contribution >= 4 is 11.8 Å². The van der Waals surface area contributed by atoms with Crippen LogP contribution in [0.3, 0.4) is 0 Å². The molecule has 96 valence electrons. The zero-order valence-corrected chi connectivity index (χ0v) is 9.93. The van der Waals surface area contributed by atoms with Crippen molar-refractivity contribution in [2.45, 2.75) is 25.2 Å².